The predicted octanol–water partition coefficient (Wildman–Crippen LogP) is 4.24. The lowest BCUT2D eigenvalue weighted by Crippen LogP contribution is -2.48. The molecule has 0 N–H and O–H groups in total. The average molecular weight is 375 g/mol. The monoisotopic (exact) mass is 374 g/mol. The van der Waals surface area contributed by atoms with Crippen molar-refractivity contribution in [3.05, 3.63) is 56.2 Å². The number of rotatable bonds is 3. The molecule has 2 heterocycles. The number of carbonyl (C=O) groups excluding carboxylic acids is 1. The first kappa shape index (κ1) is 17.1. The number of halogens is 1. The SMILES string of the molecule is O=C(c1cc2c(s1)CCCC2)N1CCN(Cc2ccc(Cl)cc2)CC1. The van der Waals surface area contributed by atoms with Crippen molar-refractivity contribution in [2.45, 2.75) is 32.2 Å². The van der Waals surface area contributed by atoms with Crippen molar-refractivity contribution >= 4 is 28.8 Å². The molecule has 25 heavy (non-hydrogen) atoms. The fourth-order valence-electron chi connectivity index (χ4n) is 3.71. The molecular weight excluding hydrogens is 352 g/mol. The Morgan fingerprint density at radius 2 is 1.76 bits per heavy atom. The molecule has 0 saturated carbocycles. The molecule has 0 atom stereocenters. The lowest BCUT2D eigenvalue weighted by Gasteiger charge is -2.34. The summed E-state index contributed by atoms with van der Waals surface area (Å²) >= 11 is 7.67. The van der Waals surface area contributed by atoms with Crippen LogP contribution in [0, 0.1) is 0 Å². The van der Waals surface area contributed by atoms with Gasteiger partial charge in [-0.3, -0.25) is 9.69 Å². The van der Waals surface area contributed by atoms with Gasteiger partial charge in [0.05, 0.1) is 4.88 Å². The molecule has 1 fully saturated rings. The number of amides is 1. The molecule has 1 aliphatic heterocycles. The Bertz CT molecular complexity index is 724. The molecule has 132 valence electrons. The number of benzene rings is 1. The molecule has 2 aliphatic rings. The van der Waals surface area contributed by atoms with Gasteiger partial charge in [0.1, 0.15) is 0 Å². The summed E-state index contributed by atoms with van der Waals surface area (Å²) in [5.74, 6) is 0.227. The molecule has 1 aromatic carbocycles. The number of aryl methyl sites for hydroxylation is 2. The number of carbonyl (C=O) groups is 1. The highest BCUT2D eigenvalue weighted by molar-refractivity contribution is 7.14. The van der Waals surface area contributed by atoms with E-state index in [0.717, 1.165) is 55.5 Å². The number of hydrogen-bond acceptors (Lipinski definition) is 3. The summed E-state index contributed by atoms with van der Waals surface area (Å²) in [5.41, 5.74) is 2.69. The van der Waals surface area contributed by atoms with Crippen molar-refractivity contribution < 1.29 is 4.79 Å². The van der Waals surface area contributed by atoms with Crippen LogP contribution in [0.2, 0.25) is 5.02 Å². The van der Waals surface area contributed by atoms with E-state index in [2.05, 4.69) is 23.1 Å². The van der Waals surface area contributed by atoms with Crippen molar-refractivity contribution in [1.29, 1.82) is 0 Å². The van der Waals surface area contributed by atoms with Crippen molar-refractivity contribution in [2.24, 2.45) is 0 Å². The van der Waals surface area contributed by atoms with Gasteiger partial charge in [-0.25, -0.2) is 0 Å². The highest BCUT2D eigenvalue weighted by Crippen LogP contribution is 2.30. The van der Waals surface area contributed by atoms with E-state index in [1.165, 1.54) is 28.8 Å². The summed E-state index contributed by atoms with van der Waals surface area (Å²) in [5, 5.41) is 0.776. The van der Waals surface area contributed by atoms with E-state index in [4.69, 9.17) is 11.6 Å². The van der Waals surface area contributed by atoms with Gasteiger partial charge in [0.2, 0.25) is 0 Å². The van der Waals surface area contributed by atoms with Crippen LogP contribution in [0.1, 0.15) is 38.5 Å². The maximum absolute atomic E-state index is 12.8. The Balaban J connectivity index is 1.34. The fourth-order valence-corrected chi connectivity index (χ4v) is 5.06. The third-order valence-corrected chi connectivity index (χ3v) is 6.66. The third kappa shape index (κ3) is 3.91. The molecular formula is C20H23ClN2OS. The highest BCUT2D eigenvalue weighted by Gasteiger charge is 2.25. The molecule has 0 spiro atoms. The van der Waals surface area contributed by atoms with Crippen molar-refractivity contribution in [3.8, 4) is 0 Å². The third-order valence-electron chi connectivity index (χ3n) is 5.19. The van der Waals surface area contributed by atoms with Gasteiger partial charge in [-0.15, -0.1) is 11.3 Å². The topological polar surface area (TPSA) is 23.6 Å². The van der Waals surface area contributed by atoms with Gasteiger partial charge >= 0.3 is 0 Å². The molecule has 5 heteroatoms. The summed E-state index contributed by atoms with van der Waals surface area (Å²) in [7, 11) is 0. The first-order valence-electron chi connectivity index (χ1n) is 9.07. The minimum atomic E-state index is 0.227. The first-order valence-corrected chi connectivity index (χ1v) is 10.3. The largest absolute Gasteiger partial charge is 0.335 e. The van der Waals surface area contributed by atoms with Crippen molar-refractivity contribution in [3.63, 3.8) is 0 Å². The van der Waals surface area contributed by atoms with Gasteiger partial charge in [-0.1, -0.05) is 23.7 Å². The summed E-state index contributed by atoms with van der Waals surface area (Å²) in [6.45, 7) is 4.41. The zero-order valence-corrected chi connectivity index (χ0v) is 15.9. The zero-order valence-electron chi connectivity index (χ0n) is 14.3. The summed E-state index contributed by atoms with van der Waals surface area (Å²) < 4.78 is 0. The Kier molecular flexibility index (Phi) is 5.11. The Morgan fingerprint density at radius 1 is 1.04 bits per heavy atom. The van der Waals surface area contributed by atoms with Gasteiger partial charge in [0.25, 0.3) is 5.91 Å². The Labute approximate surface area is 158 Å². The summed E-state index contributed by atoms with van der Waals surface area (Å²) in [6, 6.07) is 10.2. The minimum absolute atomic E-state index is 0.227. The van der Waals surface area contributed by atoms with Crippen molar-refractivity contribution in [1.82, 2.24) is 9.80 Å². The number of piperazine rings is 1. The van der Waals surface area contributed by atoms with Crippen LogP contribution in [0.4, 0.5) is 0 Å². The molecule has 1 saturated heterocycles. The molecule has 1 aromatic heterocycles. The molecule has 4 rings (SSSR count). The van der Waals surface area contributed by atoms with E-state index in [9.17, 15) is 4.79 Å². The predicted molar refractivity (Wildman–Crippen MR) is 104 cm³/mol. The van der Waals surface area contributed by atoms with Crippen LogP contribution in [0.25, 0.3) is 0 Å². The maximum Gasteiger partial charge on any atom is 0.264 e. The molecule has 3 nitrogen and oxygen atoms in total. The molecule has 1 aliphatic carbocycles. The van der Waals surface area contributed by atoms with Gasteiger partial charge in [0, 0.05) is 42.6 Å². The van der Waals surface area contributed by atoms with Crippen LogP contribution < -0.4 is 0 Å². The smallest absolute Gasteiger partial charge is 0.264 e. The van der Waals surface area contributed by atoms with E-state index in [-0.39, 0.29) is 5.91 Å². The zero-order chi connectivity index (χ0) is 17.2. The first-order chi connectivity index (χ1) is 12.2. The summed E-state index contributed by atoms with van der Waals surface area (Å²) in [4.78, 5) is 19.6. The van der Waals surface area contributed by atoms with E-state index < -0.39 is 0 Å². The number of hydrogen-bond donors (Lipinski definition) is 0. The summed E-state index contributed by atoms with van der Waals surface area (Å²) in [6.07, 6.45) is 4.83. The van der Waals surface area contributed by atoms with Crippen LogP contribution in [0.3, 0.4) is 0 Å². The second-order valence-corrected chi connectivity index (χ2v) is 8.53. The molecule has 1 amide bonds. The van der Waals surface area contributed by atoms with Gasteiger partial charge < -0.3 is 4.90 Å². The lowest BCUT2D eigenvalue weighted by molar-refractivity contribution is 0.0633. The maximum atomic E-state index is 12.8. The Hall–Kier alpha value is -1.36. The minimum Gasteiger partial charge on any atom is -0.335 e. The normalized spacial score (nSPS) is 18.2. The van der Waals surface area contributed by atoms with Crippen LogP contribution in [-0.4, -0.2) is 41.9 Å². The fraction of sp³-hybridized carbons (Fsp3) is 0.450. The average Bonchev–Trinajstić information content (AvgIpc) is 3.08. The molecule has 0 bridgehead atoms. The van der Waals surface area contributed by atoms with Gasteiger partial charge in [0.15, 0.2) is 0 Å². The van der Waals surface area contributed by atoms with Crippen LogP contribution in [-0.2, 0) is 19.4 Å². The molecule has 0 unspecified atom stereocenters. The second-order valence-electron chi connectivity index (χ2n) is 6.96. The quantitative estimate of drug-likeness (QED) is 0.802. The second kappa shape index (κ2) is 7.48. The van der Waals surface area contributed by atoms with Crippen LogP contribution in [0.5, 0.6) is 0 Å². The molecule has 0 radical (unpaired) electrons. The lowest BCUT2D eigenvalue weighted by atomic mass is 9.99. The van der Waals surface area contributed by atoms with Crippen molar-refractivity contribution in [2.75, 3.05) is 26.2 Å². The van der Waals surface area contributed by atoms with E-state index in [1.54, 1.807) is 11.3 Å². The van der Waals surface area contributed by atoms with Gasteiger partial charge in [-0.2, -0.15) is 0 Å². The van der Waals surface area contributed by atoms with Crippen LogP contribution >= 0.6 is 22.9 Å². The van der Waals surface area contributed by atoms with E-state index in [0.29, 0.717) is 0 Å². The number of thiophene rings is 1. The van der Waals surface area contributed by atoms with E-state index in [1.807, 2.05) is 17.0 Å². The van der Waals surface area contributed by atoms with Gasteiger partial charge in [-0.05, 0) is 55.0 Å². The number of fused-ring (bicyclic) bond motifs is 1. The number of nitrogens with zero attached hydrogens (tertiary/aromatic N) is 2. The van der Waals surface area contributed by atoms with E-state index >= 15 is 0 Å². The van der Waals surface area contributed by atoms with Crippen LogP contribution in [0.15, 0.2) is 30.3 Å². The molecule has 2 aromatic rings. The standard InChI is InChI=1S/C20H23ClN2OS/c21-17-7-5-15(6-8-17)14-22-9-11-23(12-10-22)20(24)19-13-16-3-1-2-4-18(16)25-19/h5-8,13H,1-4,9-12,14H2. The Morgan fingerprint density at radius 3 is 2.48 bits per heavy atom. The highest BCUT2D eigenvalue weighted by atomic mass is 35.5.